The monoisotopic (exact) mass is 248 g/mol. The van der Waals surface area contributed by atoms with Gasteiger partial charge in [0.1, 0.15) is 5.84 Å². The Morgan fingerprint density at radius 1 is 1.61 bits per heavy atom. The summed E-state index contributed by atoms with van der Waals surface area (Å²) >= 11 is 0. The van der Waals surface area contributed by atoms with Crippen LogP contribution in [0.25, 0.3) is 0 Å². The summed E-state index contributed by atoms with van der Waals surface area (Å²) in [5.74, 6) is 0.796. The number of nitrogens with one attached hydrogen (secondary N) is 1. The first-order valence-electron chi connectivity index (χ1n) is 6.17. The number of amidine groups is 1. The van der Waals surface area contributed by atoms with Crippen LogP contribution >= 0.6 is 0 Å². The number of rotatable bonds is 4. The van der Waals surface area contributed by atoms with Crippen LogP contribution in [0.2, 0.25) is 0 Å². The van der Waals surface area contributed by atoms with Crippen molar-refractivity contribution in [3.63, 3.8) is 0 Å². The summed E-state index contributed by atoms with van der Waals surface area (Å²) in [6.07, 6.45) is 3.87. The van der Waals surface area contributed by atoms with E-state index in [1.807, 2.05) is 0 Å². The third-order valence-corrected chi connectivity index (χ3v) is 3.22. The van der Waals surface area contributed by atoms with Crippen molar-refractivity contribution >= 4 is 11.7 Å². The predicted molar refractivity (Wildman–Crippen MR) is 72.0 cm³/mol. The van der Waals surface area contributed by atoms with Gasteiger partial charge in [0, 0.05) is 19.1 Å². The minimum atomic E-state index is 0.0513. The van der Waals surface area contributed by atoms with Crippen molar-refractivity contribution in [3.05, 3.63) is 17.8 Å². The highest BCUT2D eigenvalue weighted by Crippen LogP contribution is 2.26. The standard InChI is InChI=1S/C12H20N6/c1-17(2)8-9-4-3-7-18(9)12-10(11(13)14)5-6-15-16-12/h5-6,9H,3-4,7-8H2,1-2H3,(H3,13,14). The molecule has 1 atom stereocenters. The second-order valence-corrected chi connectivity index (χ2v) is 4.93. The lowest BCUT2D eigenvalue weighted by Gasteiger charge is -2.28. The smallest absolute Gasteiger partial charge is 0.162 e. The Hall–Kier alpha value is -1.69. The average molecular weight is 248 g/mol. The number of likely N-dealkylation sites (N-methyl/N-ethyl adjacent to an activating group) is 1. The lowest BCUT2D eigenvalue weighted by Crippen LogP contribution is -2.39. The van der Waals surface area contributed by atoms with Crippen molar-refractivity contribution in [2.75, 3.05) is 32.1 Å². The van der Waals surface area contributed by atoms with E-state index in [-0.39, 0.29) is 5.84 Å². The molecule has 0 aliphatic carbocycles. The van der Waals surface area contributed by atoms with Gasteiger partial charge in [-0.15, -0.1) is 5.10 Å². The maximum atomic E-state index is 7.62. The normalized spacial score (nSPS) is 19.5. The molecule has 1 unspecified atom stereocenters. The molecular formula is C12H20N6. The third kappa shape index (κ3) is 2.59. The Bertz CT molecular complexity index is 430. The third-order valence-electron chi connectivity index (χ3n) is 3.22. The molecule has 1 aromatic heterocycles. The van der Waals surface area contributed by atoms with Gasteiger partial charge >= 0.3 is 0 Å². The summed E-state index contributed by atoms with van der Waals surface area (Å²) in [6, 6.07) is 2.19. The molecule has 0 saturated carbocycles. The molecule has 6 nitrogen and oxygen atoms in total. The van der Waals surface area contributed by atoms with E-state index in [2.05, 4.69) is 34.1 Å². The van der Waals surface area contributed by atoms with Crippen molar-refractivity contribution < 1.29 is 0 Å². The number of aromatic nitrogens is 2. The summed E-state index contributed by atoms with van der Waals surface area (Å²) in [5.41, 5.74) is 6.28. The summed E-state index contributed by atoms with van der Waals surface area (Å²) in [6.45, 7) is 1.94. The highest BCUT2D eigenvalue weighted by Gasteiger charge is 2.28. The Balaban J connectivity index is 2.27. The van der Waals surface area contributed by atoms with Crippen LogP contribution in [0.4, 0.5) is 5.82 Å². The highest BCUT2D eigenvalue weighted by atomic mass is 15.3. The second kappa shape index (κ2) is 5.30. The summed E-state index contributed by atoms with van der Waals surface area (Å²) in [4.78, 5) is 4.40. The number of hydrogen-bond acceptors (Lipinski definition) is 5. The van der Waals surface area contributed by atoms with Gasteiger partial charge in [-0.1, -0.05) is 0 Å². The lowest BCUT2D eigenvalue weighted by atomic mass is 10.2. The van der Waals surface area contributed by atoms with Crippen LogP contribution in [-0.4, -0.2) is 54.2 Å². The van der Waals surface area contributed by atoms with Crippen LogP contribution in [0.15, 0.2) is 12.3 Å². The molecule has 0 amide bonds. The van der Waals surface area contributed by atoms with E-state index in [4.69, 9.17) is 11.1 Å². The number of anilines is 1. The van der Waals surface area contributed by atoms with E-state index < -0.39 is 0 Å². The number of hydrogen-bond donors (Lipinski definition) is 2. The quantitative estimate of drug-likeness (QED) is 0.591. The van der Waals surface area contributed by atoms with E-state index in [0.29, 0.717) is 11.6 Å². The minimum Gasteiger partial charge on any atom is -0.384 e. The fraction of sp³-hybridized carbons (Fsp3) is 0.583. The van der Waals surface area contributed by atoms with Gasteiger partial charge < -0.3 is 15.5 Å². The zero-order valence-corrected chi connectivity index (χ0v) is 10.9. The van der Waals surface area contributed by atoms with Gasteiger partial charge in [0.2, 0.25) is 0 Å². The first kappa shape index (κ1) is 12.8. The van der Waals surface area contributed by atoms with E-state index in [1.165, 1.54) is 0 Å². The minimum absolute atomic E-state index is 0.0513. The average Bonchev–Trinajstić information content (AvgIpc) is 2.76. The van der Waals surface area contributed by atoms with Gasteiger partial charge in [0.15, 0.2) is 5.82 Å². The van der Waals surface area contributed by atoms with Crippen molar-refractivity contribution in [2.24, 2.45) is 5.73 Å². The summed E-state index contributed by atoms with van der Waals surface area (Å²) < 4.78 is 0. The largest absolute Gasteiger partial charge is 0.384 e. The molecule has 1 aromatic rings. The number of nitrogens with zero attached hydrogens (tertiary/aromatic N) is 4. The predicted octanol–water partition coefficient (Wildman–Crippen LogP) is 0.291. The van der Waals surface area contributed by atoms with Crippen molar-refractivity contribution in [3.8, 4) is 0 Å². The molecule has 0 bridgehead atoms. The van der Waals surface area contributed by atoms with E-state index in [1.54, 1.807) is 12.3 Å². The lowest BCUT2D eigenvalue weighted by molar-refractivity contribution is 0.371. The van der Waals surface area contributed by atoms with Gasteiger partial charge in [0.25, 0.3) is 0 Å². The van der Waals surface area contributed by atoms with Crippen LogP contribution in [0.1, 0.15) is 18.4 Å². The molecule has 2 heterocycles. The molecule has 1 aliphatic heterocycles. The Morgan fingerprint density at radius 2 is 2.39 bits per heavy atom. The zero-order chi connectivity index (χ0) is 13.1. The van der Waals surface area contributed by atoms with Crippen LogP contribution in [0.5, 0.6) is 0 Å². The van der Waals surface area contributed by atoms with Gasteiger partial charge in [-0.3, -0.25) is 5.41 Å². The van der Waals surface area contributed by atoms with Gasteiger partial charge in [-0.25, -0.2) is 0 Å². The van der Waals surface area contributed by atoms with Crippen LogP contribution in [0, 0.1) is 5.41 Å². The number of nitrogens with two attached hydrogens (primary N) is 1. The van der Waals surface area contributed by atoms with E-state index >= 15 is 0 Å². The molecule has 3 N–H and O–H groups in total. The van der Waals surface area contributed by atoms with Crippen molar-refractivity contribution in [1.29, 1.82) is 5.41 Å². The van der Waals surface area contributed by atoms with Gasteiger partial charge in [0.05, 0.1) is 11.8 Å². The fourth-order valence-corrected chi connectivity index (χ4v) is 2.47. The van der Waals surface area contributed by atoms with E-state index in [0.717, 1.165) is 31.7 Å². The topological polar surface area (TPSA) is 82.1 Å². The van der Waals surface area contributed by atoms with Gasteiger partial charge in [-0.2, -0.15) is 5.10 Å². The first-order valence-corrected chi connectivity index (χ1v) is 6.17. The fourth-order valence-electron chi connectivity index (χ4n) is 2.47. The Morgan fingerprint density at radius 3 is 3.06 bits per heavy atom. The highest BCUT2D eigenvalue weighted by molar-refractivity contribution is 5.99. The van der Waals surface area contributed by atoms with Gasteiger partial charge in [-0.05, 0) is 33.0 Å². The molecule has 1 aliphatic rings. The van der Waals surface area contributed by atoms with Crippen molar-refractivity contribution in [2.45, 2.75) is 18.9 Å². The molecule has 98 valence electrons. The maximum Gasteiger partial charge on any atom is 0.162 e. The molecule has 6 heteroatoms. The Labute approximate surface area is 107 Å². The molecule has 1 fully saturated rings. The molecular weight excluding hydrogens is 228 g/mol. The van der Waals surface area contributed by atoms with Crippen molar-refractivity contribution in [1.82, 2.24) is 15.1 Å². The molecule has 0 spiro atoms. The number of nitrogen functional groups attached to an aromatic ring is 1. The molecule has 0 radical (unpaired) electrons. The SMILES string of the molecule is CN(C)CC1CCCN1c1nnccc1C(=N)N. The summed E-state index contributed by atoms with van der Waals surface area (Å²) in [5, 5.41) is 15.7. The second-order valence-electron chi connectivity index (χ2n) is 4.93. The van der Waals surface area contributed by atoms with Crippen LogP contribution < -0.4 is 10.6 Å². The van der Waals surface area contributed by atoms with E-state index in [9.17, 15) is 0 Å². The Kier molecular flexibility index (Phi) is 3.76. The molecule has 2 rings (SSSR count). The molecule has 0 aromatic carbocycles. The molecule has 1 saturated heterocycles. The summed E-state index contributed by atoms with van der Waals surface area (Å²) in [7, 11) is 4.14. The van der Waals surface area contributed by atoms with Crippen LogP contribution in [0.3, 0.4) is 0 Å². The zero-order valence-electron chi connectivity index (χ0n) is 10.9. The van der Waals surface area contributed by atoms with Crippen LogP contribution in [-0.2, 0) is 0 Å². The molecule has 18 heavy (non-hydrogen) atoms. The first-order chi connectivity index (χ1) is 8.59. The maximum absolute atomic E-state index is 7.62.